The van der Waals surface area contributed by atoms with Crippen molar-refractivity contribution in [1.82, 2.24) is 4.57 Å². The van der Waals surface area contributed by atoms with Crippen LogP contribution >= 0.6 is 28.3 Å². The molecule has 0 spiro atoms. The van der Waals surface area contributed by atoms with E-state index in [-0.39, 0.29) is 22.8 Å². The Hall–Kier alpha value is -1.72. The first-order chi connectivity index (χ1) is 10.7. The summed E-state index contributed by atoms with van der Waals surface area (Å²) in [6, 6.07) is 14.7. The van der Waals surface area contributed by atoms with Gasteiger partial charge in [0, 0.05) is 11.9 Å². The molecule has 2 nitrogen and oxygen atoms in total. The van der Waals surface area contributed by atoms with Gasteiger partial charge in [0.05, 0.1) is 11.4 Å². The summed E-state index contributed by atoms with van der Waals surface area (Å²) in [6.45, 7) is 4.97. The lowest BCUT2D eigenvalue weighted by atomic mass is 10.2. The van der Waals surface area contributed by atoms with Crippen LogP contribution in [0.5, 0.6) is 0 Å². The zero-order valence-electron chi connectivity index (χ0n) is 13.0. The highest BCUT2D eigenvalue weighted by Crippen LogP contribution is 2.21. The van der Waals surface area contributed by atoms with Gasteiger partial charge in [-0.1, -0.05) is 17.7 Å². The van der Waals surface area contributed by atoms with Crippen LogP contribution in [0.1, 0.15) is 12.5 Å². The van der Waals surface area contributed by atoms with E-state index in [1.807, 2.05) is 12.1 Å². The van der Waals surface area contributed by atoms with Gasteiger partial charge in [0.1, 0.15) is 5.82 Å². The van der Waals surface area contributed by atoms with Crippen LogP contribution in [0.2, 0.25) is 0 Å². The van der Waals surface area contributed by atoms with Gasteiger partial charge in [-0.3, -0.25) is 0 Å². The Morgan fingerprint density at radius 2 is 1.70 bits per heavy atom. The third-order valence-corrected chi connectivity index (χ3v) is 4.38. The second-order valence-corrected chi connectivity index (χ2v) is 5.94. The van der Waals surface area contributed by atoms with Crippen molar-refractivity contribution >= 4 is 34.0 Å². The molecule has 0 saturated carbocycles. The van der Waals surface area contributed by atoms with E-state index in [4.69, 9.17) is 4.99 Å². The number of halogens is 2. The fourth-order valence-electron chi connectivity index (χ4n) is 2.31. The molecule has 2 aromatic carbocycles. The highest BCUT2D eigenvalue weighted by atomic mass is 79.9. The molecule has 0 unspecified atom stereocenters. The normalized spacial score (nSPS) is 11.3. The summed E-state index contributed by atoms with van der Waals surface area (Å²) in [7, 11) is 0. The summed E-state index contributed by atoms with van der Waals surface area (Å²) in [5.74, 6) is -0.216. The van der Waals surface area contributed by atoms with Crippen molar-refractivity contribution in [2.75, 3.05) is 0 Å². The van der Waals surface area contributed by atoms with Crippen molar-refractivity contribution in [2.24, 2.45) is 4.99 Å². The molecule has 0 aliphatic carbocycles. The maximum atomic E-state index is 13.1. The fraction of sp³-hybridized carbons (Fsp3) is 0.167. The van der Waals surface area contributed by atoms with Crippen molar-refractivity contribution in [3.05, 3.63) is 70.1 Å². The number of benzene rings is 2. The Morgan fingerprint density at radius 3 is 2.30 bits per heavy atom. The van der Waals surface area contributed by atoms with Gasteiger partial charge in [0.15, 0.2) is 4.80 Å². The quantitative estimate of drug-likeness (QED) is 0.560. The molecule has 3 aromatic rings. The molecule has 0 bridgehead atoms. The van der Waals surface area contributed by atoms with E-state index in [9.17, 15) is 4.39 Å². The highest BCUT2D eigenvalue weighted by molar-refractivity contribution is 8.93. The smallest absolute Gasteiger partial charge is 0.190 e. The average Bonchev–Trinajstić information content (AvgIpc) is 2.93. The number of rotatable bonds is 3. The van der Waals surface area contributed by atoms with E-state index in [2.05, 4.69) is 35.9 Å². The summed E-state index contributed by atoms with van der Waals surface area (Å²) in [5, 5.41) is 2.07. The minimum absolute atomic E-state index is 0. The average molecular weight is 393 g/mol. The lowest BCUT2D eigenvalue weighted by Gasteiger charge is -2.06. The lowest BCUT2D eigenvalue weighted by Crippen LogP contribution is -2.14. The molecule has 5 heteroatoms. The van der Waals surface area contributed by atoms with Gasteiger partial charge >= 0.3 is 0 Å². The number of thiazole rings is 1. The van der Waals surface area contributed by atoms with Crippen LogP contribution in [0.3, 0.4) is 0 Å². The maximum Gasteiger partial charge on any atom is 0.190 e. The SMILES string of the molecule is Br.CCn1c(-c2ccc(F)cc2)csc1=Nc1ccc(C)cc1. The van der Waals surface area contributed by atoms with Gasteiger partial charge in [0.2, 0.25) is 0 Å². The molecule has 0 atom stereocenters. The third-order valence-electron chi connectivity index (χ3n) is 3.51. The fourth-order valence-corrected chi connectivity index (χ4v) is 3.30. The van der Waals surface area contributed by atoms with Crippen LogP contribution in [0.25, 0.3) is 11.3 Å². The molecule has 0 aliphatic rings. The second-order valence-electron chi connectivity index (χ2n) is 5.10. The molecule has 0 saturated heterocycles. The van der Waals surface area contributed by atoms with Crippen LogP contribution in [-0.2, 0) is 6.54 Å². The molecule has 0 radical (unpaired) electrons. The first kappa shape index (κ1) is 17.6. The predicted molar refractivity (Wildman–Crippen MR) is 100 cm³/mol. The van der Waals surface area contributed by atoms with Crippen molar-refractivity contribution in [2.45, 2.75) is 20.4 Å². The minimum Gasteiger partial charge on any atom is -0.317 e. The molecule has 3 rings (SSSR count). The zero-order chi connectivity index (χ0) is 15.5. The van der Waals surface area contributed by atoms with Crippen LogP contribution < -0.4 is 4.80 Å². The molecular formula is C18H18BrFN2S. The van der Waals surface area contributed by atoms with E-state index < -0.39 is 0 Å². The number of hydrogen-bond donors (Lipinski definition) is 0. The Labute approximate surface area is 149 Å². The molecule has 0 aliphatic heterocycles. The second kappa shape index (κ2) is 7.70. The van der Waals surface area contributed by atoms with Crippen molar-refractivity contribution < 1.29 is 4.39 Å². The number of aromatic nitrogens is 1. The number of hydrogen-bond acceptors (Lipinski definition) is 2. The van der Waals surface area contributed by atoms with Gasteiger partial charge in [0.25, 0.3) is 0 Å². The van der Waals surface area contributed by atoms with Gasteiger partial charge in [-0.2, -0.15) is 0 Å². The molecule has 0 N–H and O–H groups in total. The van der Waals surface area contributed by atoms with Crippen LogP contribution in [0, 0.1) is 12.7 Å². The summed E-state index contributed by atoms with van der Waals surface area (Å²) in [4.78, 5) is 5.67. The van der Waals surface area contributed by atoms with Crippen molar-refractivity contribution in [1.29, 1.82) is 0 Å². The number of nitrogens with zero attached hydrogens (tertiary/aromatic N) is 2. The Balaban J connectivity index is 0.00000192. The molecule has 1 aromatic heterocycles. The molecule has 120 valence electrons. The first-order valence-corrected chi connectivity index (χ1v) is 8.11. The van der Waals surface area contributed by atoms with E-state index in [1.54, 1.807) is 23.5 Å². The van der Waals surface area contributed by atoms with E-state index in [1.165, 1.54) is 17.7 Å². The first-order valence-electron chi connectivity index (χ1n) is 7.23. The predicted octanol–water partition coefficient (Wildman–Crippen LogP) is 5.49. The van der Waals surface area contributed by atoms with Crippen LogP contribution in [0.4, 0.5) is 10.1 Å². The number of aryl methyl sites for hydroxylation is 1. The van der Waals surface area contributed by atoms with Crippen molar-refractivity contribution in [3.63, 3.8) is 0 Å². The van der Waals surface area contributed by atoms with E-state index in [0.29, 0.717) is 0 Å². The Morgan fingerprint density at radius 1 is 1.04 bits per heavy atom. The van der Waals surface area contributed by atoms with Gasteiger partial charge < -0.3 is 4.57 Å². The Bertz CT molecular complexity index is 833. The van der Waals surface area contributed by atoms with E-state index in [0.717, 1.165) is 28.3 Å². The van der Waals surface area contributed by atoms with Gasteiger partial charge in [-0.25, -0.2) is 9.38 Å². The minimum atomic E-state index is -0.216. The maximum absolute atomic E-state index is 13.1. The van der Waals surface area contributed by atoms with Gasteiger partial charge in [-0.15, -0.1) is 28.3 Å². The summed E-state index contributed by atoms with van der Waals surface area (Å²) in [5.41, 5.74) is 4.24. The summed E-state index contributed by atoms with van der Waals surface area (Å²) < 4.78 is 15.2. The van der Waals surface area contributed by atoms with Gasteiger partial charge in [-0.05, 0) is 55.8 Å². The molecule has 0 amide bonds. The van der Waals surface area contributed by atoms with Crippen LogP contribution in [-0.4, -0.2) is 4.57 Å². The monoisotopic (exact) mass is 392 g/mol. The summed E-state index contributed by atoms with van der Waals surface area (Å²) >= 11 is 1.60. The standard InChI is InChI=1S/C18H17FN2S.BrH/c1-3-21-17(14-6-8-15(19)9-7-14)12-22-18(21)20-16-10-4-13(2)5-11-16;/h4-12H,3H2,1-2H3;1H. The molecular weight excluding hydrogens is 375 g/mol. The third kappa shape index (κ3) is 3.98. The van der Waals surface area contributed by atoms with E-state index >= 15 is 0 Å². The molecule has 0 fully saturated rings. The van der Waals surface area contributed by atoms with Crippen molar-refractivity contribution in [3.8, 4) is 11.3 Å². The molecule has 1 heterocycles. The Kier molecular flexibility index (Phi) is 5.91. The topological polar surface area (TPSA) is 17.3 Å². The van der Waals surface area contributed by atoms with Crippen LogP contribution in [0.15, 0.2) is 58.9 Å². The largest absolute Gasteiger partial charge is 0.317 e. The molecule has 23 heavy (non-hydrogen) atoms. The zero-order valence-corrected chi connectivity index (χ0v) is 15.5. The highest BCUT2D eigenvalue weighted by Gasteiger charge is 2.06. The lowest BCUT2D eigenvalue weighted by molar-refractivity contribution is 0.628. The summed E-state index contributed by atoms with van der Waals surface area (Å²) in [6.07, 6.45) is 0.